The number of rotatable bonds is 12. The van der Waals surface area contributed by atoms with E-state index in [-0.39, 0.29) is 18.3 Å². The molecule has 192 valence electrons. The van der Waals surface area contributed by atoms with E-state index < -0.39 is 0 Å². The fraction of sp³-hybridized carbons (Fsp3) is 0.393. The summed E-state index contributed by atoms with van der Waals surface area (Å²) in [5.41, 5.74) is 3.78. The number of esters is 1. The number of carbonyl (C=O) groups excluding carboxylic acids is 1. The topological polar surface area (TPSA) is 67.8 Å². The van der Waals surface area contributed by atoms with E-state index in [1.807, 2.05) is 57.8 Å². The van der Waals surface area contributed by atoms with E-state index in [0.29, 0.717) is 25.6 Å². The van der Waals surface area contributed by atoms with E-state index in [9.17, 15) is 9.18 Å². The van der Waals surface area contributed by atoms with Crippen LogP contribution in [0.1, 0.15) is 31.4 Å². The minimum Gasteiger partial charge on any atom is -0.494 e. The Morgan fingerprint density at radius 3 is 2.47 bits per heavy atom. The zero-order valence-electron chi connectivity index (χ0n) is 21.8. The van der Waals surface area contributed by atoms with Crippen molar-refractivity contribution >= 4 is 17.5 Å². The van der Waals surface area contributed by atoms with Gasteiger partial charge in [-0.25, -0.2) is 14.4 Å². The molecule has 0 N–H and O–H groups in total. The SMILES string of the molecule is CCOC(=O)CN(CC)c1ccc(OCCCN(C)c2nc(-c3ccc(F)cc3)ncc2C)cc1C. The van der Waals surface area contributed by atoms with E-state index >= 15 is 0 Å². The molecule has 0 bridgehead atoms. The van der Waals surface area contributed by atoms with Crippen molar-refractivity contribution in [1.82, 2.24) is 9.97 Å². The molecule has 3 rings (SSSR count). The van der Waals surface area contributed by atoms with Gasteiger partial charge in [0.1, 0.15) is 23.9 Å². The van der Waals surface area contributed by atoms with Crippen LogP contribution in [0, 0.1) is 19.7 Å². The molecule has 0 fully saturated rings. The molecular weight excluding hydrogens is 459 g/mol. The van der Waals surface area contributed by atoms with Gasteiger partial charge in [-0.05, 0) is 82.1 Å². The Labute approximate surface area is 212 Å². The molecule has 1 heterocycles. The van der Waals surface area contributed by atoms with Gasteiger partial charge in [0.15, 0.2) is 5.82 Å². The van der Waals surface area contributed by atoms with Crippen molar-refractivity contribution in [2.24, 2.45) is 0 Å². The quantitative estimate of drug-likeness (QED) is 0.253. The fourth-order valence-electron chi connectivity index (χ4n) is 3.96. The van der Waals surface area contributed by atoms with Crippen molar-refractivity contribution in [3.63, 3.8) is 0 Å². The van der Waals surface area contributed by atoms with Gasteiger partial charge in [0, 0.05) is 43.1 Å². The monoisotopic (exact) mass is 494 g/mol. The number of nitrogens with zero attached hydrogens (tertiary/aromatic N) is 4. The van der Waals surface area contributed by atoms with Crippen molar-refractivity contribution in [3.8, 4) is 17.1 Å². The van der Waals surface area contributed by atoms with Crippen LogP contribution >= 0.6 is 0 Å². The van der Waals surface area contributed by atoms with Gasteiger partial charge in [0.05, 0.1) is 13.2 Å². The molecule has 36 heavy (non-hydrogen) atoms. The van der Waals surface area contributed by atoms with Crippen LogP contribution in [0.2, 0.25) is 0 Å². The molecule has 0 aliphatic heterocycles. The van der Waals surface area contributed by atoms with Crippen molar-refractivity contribution in [2.75, 3.05) is 49.7 Å². The molecule has 0 atom stereocenters. The van der Waals surface area contributed by atoms with E-state index in [4.69, 9.17) is 14.5 Å². The molecule has 2 aromatic carbocycles. The Bertz CT molecular complexity index is 1150. The molecule has 0 unspecified atom stereocenters. The highest BCUT2D eigenvalue weighted by atomic mass is 19.1. The summed E-state index contributed by atoms with van der Waals surface area (Å²) >= 11 is 0. The minimum atomic E-state index is -0.285. The van der Waals surface area contributed by atoms with Gasteiger partial charge in [0.2, 0.25) is 0 Å². The number of hydrogen-bond donors (Lipinski definition) is 0. The first kappa shape index (κ1) is 26.9. The Morgan fingerprint density at radius 2 is 1.81 bits per heavy atom. The summed E-state index contributed by atoms with van der Waals surface area (Å²) in [5.74, 6) is 1.69. The maximum absolute atomic E-state index is 13.3. The van der Waals surface area contributed by atoms with Gasteiger partial charge in [-0.15, -0.1) is 0 Å². The molecule has 3 aromatic rings. The normalized spacial score (nSPS) is 10.7. The molecule has 8 heteroatoms. The zero-order chi connectivity index (χ0) is 26.1. The summed E-state index contributed by atoms with van der Waals surface area (Å²) in [6, 6.07) is 12.1. The molecule has 0 saturated heterocycles. The molecule has 0 spiro atoms. The fourth-order valence-corrected chi connectivity index (χ4v) is 3.96. The first-order valence-electron chi connectivity index (χ1n) is 12.3. The second-order valence-corrected chi connectivity index (χ2v) is 8.60. The summed E-state index contributed by atoms with van der Waals surface area (Å²) in [7, 11) is 1.99. The van der Waals surface area contributed by atoms with Crippen LogP contribution in [0.4, 0.5) is 15.9 Å². The summed E-state index contributed by atoms with van der Waals surface area (Å²) in [4.78, 5) is 25.1. The predicted molar refractivity (Wildman–Crippen MR) is 141 cm³/mol. The van der Waals surface area contributed by atoms with Crippen LogP contribution in [0.3, 0.4) is 0 Å². The van der Waals surface area contributed by atoms with Gasteiger partial charge < -0.3 is 19.3 Å². The smallest absolute Gasteiger partial charge is 0.325 e. The van der Waals surface area contributed by atoms with Crippen molar-refractivity contribution in [2.45, 2.75) is 34.1 Å². The Hall–Kier alpha value is -3.68. The zero-order valence-corrected chi connectivity index (χ0v) is 21.8. The van der Waals surface area contributed by atoms with Gasteiger partial charge in [-0.2, -0.15) is 0 Å². The highest BCUT2D eigenvalue weighted by Crippen LogP contribution is 2.25. The molecule has 0 radical (unpaired) electrons. The number of ether oxygens (including phenoxy) is 2. The summed E-state index contributed by atoms with van der Waals surface area (Å²) in [5, 5.41) is 0. The number of hydrogen-bond acceptors (Lipinski definition) is 7. The number of aryl methyl sites for hydroxylation is 2. The number of aromatic nitrogens is 2. The number of benzene rings is 2. The summed E-state index contributed by atoms with van der Waals surface area (Å²) in [6.07, 6.45) is 2.59. The molecule has 0 amide bonds. The standard InChI is InChI=1S/C28H35FN4O3/c1-6-33(19-26(34)35-7-2)25-14-13-24(17-20(25)3)36-16-8-15-32(5)28-21(4)18-30-27(31-28)22-9-11-23(29)12-10-22/h9-14,17-18H,6-8,15-16,19H2,1-5H3. The maximum Gasteiger partial charge on any atom is 0.325 e. The molecular formula is C28H35FN4O3. The van der Waals surface area contributed by atoms with Gasteiger partial charge in [-0.1, -0.05) is 0 Å². The molecule has 7 nitrogen and oxygen atoms in total. The van der Waals surface area contributed by atoms with Crippen LogP contribution in [0.15, 0.2) is 48.7 Å². The number of halogens is 1. The van der Waals surface area contributed by atoms with Crippen LogP contribution < -0.4 is 14.5 Å². The van der Waals surface area contributed by atoms with Crippen LogP contribution in [-0.4, -0.2) is 55.8 Å². The summed E-state index contributed by atoms with van der Waals surface area (Å²) in [6.45, 7) is 10.4. The number of carbonyl (C=O) groups is 1. The van der Waals surface area contributed by atoms with Crippen LogP contribution in [-0.2, 0) is 9.53 Å². The Kier molecular flexibility index (Phi) is 9.61. The molecule has 0 aliphatic carbocycles. The average molecular weight is 495 g/mol. The van der Waals surface area contributed by atoms with E-state index in [1.165, 1.54) is 12.1 Å². The lowest BCUT2D eigenvalue weighted by molar-refractivity contribution is -0.141. The Balaban J connectivity index is 1.55. The van der Waals surface area contributed by atoms with Crippen molar-refractivity contribution in [1.29, 1.82) is 0 Å². The molecule has 1 aromatic heterocycles. The lowest BCUT2D eigenvalue weighted by atomic mass is 10.1. The van der Waals surface area contributed by atoms with Crippen LogP contribution in [0.25, 0.3) is 11.4 Å². The van der Waals surface area contributed by atoms with E-state index in [2.05, 4.69) is 9.88 Å². The van der Waals surface area contributed by atoms with Gasteiger partial charge in [0.25, 0.3) is 0 Å². The van der Waals surface area contributed by atoms with Gasteiger partial charge in [-0.3, -0.25) is 4.79 Å². The highest BCUT2D eigenvalue weighted by Gasteiger charge is 2.14. The summed E-state index contributed by atoms with van der Waals surface area (Å²) < 4.78 is 24.3. The minimum absolute atomic E-state index is 0.225. The van der Waals surface area contributed by atoms with Crippen molar-refractivity contribution in [3.05, 3.63) is 65.6 Å². The van der Waals surface area contributed by atoms with E-state index in [0.717, 1.165) is 46.9 Å². The largest absolute Gasteiger partial charge is 0.494 e. The molecule has 0 aliphatic rings. The third-order valence-corrected chi connectivity index (χ3v) is 5.83. The lowest BCUT2D eigenvalue weighted by Crippen LogP contribution is -2.31. The first-order chi connectivity index (χ1) is 17.3. The second kappa shape index (κ2) is 12.9. The Morgan fingerprint density at radius 1 is 1.06 bits per heavy atom. The third-order valence-electron chi connectivity index (χ3n) is 5.83. The number of likely N-dealkylation sites (N-methyl/N-ethyl adjacent to an activating group) is 1. The lowest BCUT2D eigenvalue weighted by Gasteiger charge is -2.24. The maximum atomic E-state index is 13.3. The second-order valence-electron chi connectivity index (χ2n) is 8.60. The first-order valence-corrected chi connectivity index (χ1v) is 12.3. The highest BCUT2D eigenvalue weighted by molar-refractivity contribution is 5.76. The van der Waals surface area contributed by atoms with Gasteiger partial charge >= 0.3 is 5.97 Å². The van der Waals surface area contributed by atoms with Crippen LogP contribution in [0.5, 0.6) is 5.75 Å². The van der Waals surface area contributed by atoms with E-state index in [1.54, 1.807) is 18.3 Å². The average Bonchev–Trinajstić information content (AvgIpc) is 2.86. The number of anilines is 2. The third kappa shape index (κ3) is 7.16. The predicted octanol–water partition coefficient (Wildman–Crippen LogP) is 5.19. The van der Waals surface area contributed by atoms with Crippen molar-refractivity contribution < 1.29 is 18.7 Å². The molecule has 0 saturated carbocycles.